The molecule has 0 unspecified atom stereocenters. The van der Waals surface area contributed by atoms with Crippen LogP contribution >= 0.6 is 23.2 Å². The summed E-state index contributed by atoms with van der Waals surface area (Å²) in [6.07, 6.45) is 1.99. The fourth-order valence-corrected chi connectivity index (χ4v) is 2.65. The number of urea groups is 1. The van der Waals surface area contributed by atoms with Crippen LogP contribution in [0.4, 0.5) is 4.79 Å². The maximum absolute atomic E-state index is 10.8. The maximum atomic E-state index is 10.8. The average Bonchev–Trinajstić information content (AvgIpc) is 2.45. The molecule has 1 aromatic rings. The van der Waals surface area contributed by atoms with Crippen molar-refractivity contribution in [2.45, 2.75) is 40.5 Å². The van der Waals surface area contributed by atoms with Crippen molar-refractivity contribution in [3.05, 3.63) is 27.2 Å². The highest BCUT2D eigenvalue weighted by molar-refractivity contribution is 6.37. The van der Waals surface area contributed by atoms with Crippen LogP contribution in [-0.2, 0) is 0 Å². The van der Waals surface area contributed by atoms with Crippen LogP contribution in [0.1, 0.15) is 44.7 Å². The normalized spacial score (nSPS) is 11.7. The van der Waals surface area contributed by atoms with Crippen molar-refractivity contribution in [1.82, 2.24) is 5.43 Å². The van der Waals surface area contributed by atoms with Crippen LogP contribution in [0, 0.1) is 12.8 Å². The number of rotatable bonds is 7. The number of halogens is 2. The molecular weight excluding hydrogens is 337 g/mol. The van der Waals surface area contributed by atoms with Gasteiger partial charge in [0.25, 0.3) is 0 Å². The number of primary amides is 1. The Balaban J connectivity index is 3.10. The van der Waals surface area contributed by atoms with Crippen molar-refractivity contribution in [3.8, 4) is 5.75 Å². The van der Waals surface area contributed by atoms with Gasteiger partial charge in [0.2, 0.25) is 0 Å². The highest BCUT2D eigenvalue weighted by atomic mass is 35.5. The Labute approximate surface area is 147 Å². The van der Waals surface area contributed by atoms with Crippen LogP contribution in [0.25, 0.3) is 0 Å². The summed E-state index contributed by atoms with van der Waals surface area (Å²) in [5.74, 6) is 1.13. The molecule has 0 fully saturated rings. The zero-order valence-electron chi connectivity index (χ0n) is 13.9. The second-order valence-electron chi connectivity index (χ2n) is 5.73. The molecule has 1 rings (SSSR count). The predicted octanol–water partition coefficient (Wildman–Crippen LogP) is 4.51. The molecule has 0 heterocycles. The zero-order valence-corrected chi connectivity index (χ0v) is 15.4. The molecule has 128 valence electrons. The van der Waals surface area contributed by atoms with E-state index in [-0.39, 0.29) is 0 Å². The van der Waals surface area contributed by atoms with Crippen molar-refractivity contribution in [2.24, 2.45) is 16.8 Å². The molecule has 0 saturated carbocycles. The monoisotopic (exact) mass is 359 g/mol. The summed E-state index contributed by atoms with van der Waals surface area (Å²) in [5.41, 5.74) is 9.21. The molecule has 7 heteroatoms. The average molecular weight is 360 g/mol. The van der Waals surface area contributed by atoms with Crippen LogP contribution in [0.3, 0.4) is 0 Å². The van der Waals surface area contributed by atoms with Gasteiger partial charge in [0.1, 0.15) is 5.75 Å². The number of nitrogens with zero attached hydrogens (tertiary/aromatic N) is 1. The summed E-state index contributed by atoms with van der Waals surface area (Å²) < 4.78 is 5.87. The van der Waals surface area contributed by atoms with Crippen LogP contribution < -0.4 is 15.9 Å². The van der Waals surface area contributed by atoms with Gasteiger partial charge in [-0.2, -0.15) is 5.10 Å². The molecule has 0 atom stereocenters. The Hall–Kier alpha value is -1.46. The standard InChI is InChI=1S/C16H23Cl2N3O2/c1-9(2)6-5-7-23-15-13(18)8-12(17)10(3)14(15)11(4)20-21-16(19)22/h8-9H,5-7H2,1-4H3,(H3,19,21,22). The largest absolute Gasteiger partial charge is 0.491 e. The number of benzene rings is 1. The lowest BCUT2D eigenvalue weighted by Crippen LogP contribution is -2.25. The number of hydrazone groups is 1. The number of nitrogens with one attached hydrogen (secondary N) is 1. The fraction of sp³-hybridized carbons (Fsp3) is 0.500. The summed E-state index contributed by atoms with van der Waals surface area (Å²) in [7, 11) is 0. The molecule has 0 aromatic heterocycles. The van der Waals surface area contributed by atoms with Crippen molar-refractivity contribution in [2.75, 3.05) is 6.61 Å². The molecule has 2 amide bonds. The second-order valence-corrected chi connectivity index (χ2v) is 6.54. The Kier molecular flexibility index (Phi) is 7.65. The van der Waals surface area contributed by atoms with Crippen LogP contribution in [0.2, 0.25) is 10.0 Å². The van der Waals surface area contributed by atoms with Gasteiger partial charge in [-0.05, 0) is 44.2 Å². The summed E-state index contributed by atoms with van der Waals surface area (Å²) in [6.45, 7) is 8.45. The quantitative estimate of drug-likeness (QED) is 0.426. The van der Waals surface area contributed by atoms with Gasteiger partial charge in [0, 0.05) is 10.6 Å². The fourth-order valence-electron chi connectivity index (χ4n) is 2.13. The first kappa shape index (κ1) is 19.6. The van der Waals surface area contributed by atoms with Gasteiger partial charge in [0.05, 0.1) is 17.3 Å². The molecule has 1 aromatic carbocycles. The molecule has 0 saturated heterocycles. The van der Waals surface area contributed by atoms with Crippen molar-refractivity contribution < 1.29 is 9.53 Å². The van der Waals surface area contributed by atoms with E-state index in [0.29, 0.717) is 39.6 Å². The van der Waals surface area contributed by atoms with Gasteiger partial charge in [-0.15, -0.1) is 0 Å². The van der Waals surface area contributed by atoms with Crippen LogP contribution in [0.15, 0.2) is 11.2 Å². The van der Waals surface area contributed by atoms with Crippen LogP contribution in [0.5, 0.6) is 5.75 Å². The number of ether oxygens (including phenoxy) is 1. The van der Waals surface area contributed by atoms with Crippen molar-refractivity contribution >= 4 is 34.9 Å². The smallest absolute Gasteiger partial charge is 0.332 e. The Morgan fingerprint density at radius 3 is 2.61 bits per heavy atom. The van der Waals surface area contributed by atoms with Gasteiger partial charge in [0.15, 0.2) is 0 Å². The Bertz CT molecular complexity index is 601. The first-order chi connectivity index (χ1) is 10.7. The summed E-state index contributed by atoms with van der Waals surface area (Å²) in [5, 5.41) is 4.87. The molecule has 0 bridgehead atoms. The van der Waals surface area contributed by atoms with Gasteiger partial charge < -0.3 is 10.5 Å². The summed E-state index contributed by atoms with van der Waals surface area (Å²) in [6, 6.07) is 0.906. The molecule has 0 aliphatic carbocycles. The molecule has 0 aliphatic rings. The number of carbonyl (C=O) groups excluding carboxylic acids is 1. The molecule has 0 radical (unpaired) electrons. The van der Waals surface area contributed by atoms with E-state index in [1.807, 2.05) is 6.92 Å². The van der Waals surface area contributed by atoms with E-state index in [4.69, 9.17) is 33.7 Å². The topological polar surface area (TPSA) is 76.7 Å². The van der Waals surface area contributed by atoms with E-state index in [0.717, 1.165) is 18.4 Å². The number of nitrogens with two attached hydrogens (primary N) is 1. The van der Waals surface area contributed by atoms with E-state index >= 15 is 0 Å². The van der Waals surface area contributed by atoms with Crippen molar-refractivity contribution in [3.63, 3.8) is 0 Å². The highest BCUT2D eigenvalue weighted by Crippen LogP contribution is 2.36. The van der Waals surface area contributed by atoms with Gasteiger partial charge in [-0.3, -0.25) is 0 Å². The molecule has 0 spiro atoms. The highest BCUT2D eigenvalue weighted by Gasteiger charge is 2.18. The third-order valence-corrected chi connectivity index (χ3v) is 3.97. The molecule has 5 nitrogen and oxygen atoms in total. The first-order valence-corrected chi connectivity index (χ1v) is 8.21. The SMILES string of the molecule is CC(=NNC(N)=O)c1c(C)c(Cl)cc(Cl)c1OCCCC(C)C. The summed E-state index contributed by atoms with van der Waals surface area (Å²) in [4.78, 5) is 10.8. The van der Waals surface area contributed by atoms with Gasteiger partial charge >= 0.3 is 6.03 Å². The van der Waals surface area contributed by atoms with E-state index in [1.54, 1.807) is 13.0 Å². The number of carbonyl (C=O) groups is 1. The minimum Gasteiger partial charge on any atom is -0.491 e. The summed E-state index contributed by atoms with van der Waals surface area (Å²) >= 11 is 12.5. The third-order valence-electron chi connectivity index (χ3n) is 3.30. The lowest BCUT2D eigenvalue weighted by molar-refractivity contribution is 0.249. The number of amides is 2. The van der Waals surface area contributed by atoms with Gasteiger partial charge in [-0.1, -0.05) is 37.0 Å². The lowest BCUT2D eigenvalue weighted by atomic mass is 10.0. The van der Waals surface area contributed by atoms with E-state index in [1.165, 1.54) is 0 Å². The predicted molar refractivity (Wildman–Crippen MR) is 95.7 cm³/mol. The van der Waals surface area contributed by atoms with E-state index in [2.05, 4.69) is 24.4 Å². The number of hydrogen-bond donors (Lipinski definition) is 2. The number of hydrogen-bond acceptors (Lipinski definition) is 3. The second kappa shape index (κ2) is 8.99. The first-order valence-electron chi connectivity index (χ1n) is 7.45. The molecule has 0 aliphatic heterocycles. The molecule has 23 heavy (non-hydrogen) atoms. The molecule has 3 N–H and O–H groups in total. The van der Waals surface area contributed by atoms with Gasteiger partial charge in [-0.25, -0.2) is 10.2 Å². The van der Waals surface area contributed by atoms with E-state index < -0.39 is 6.03 Å². The van der Waals surface area contributed by atoms with Crippen molar-refractivity contribution in [1.29, 1.82) is 0 Å². The minimum absolute atomic E-state index is 0.411. The Morgan fingerprint density at radius 1 is 1.39 bits per heavy atom. The van der Waals surface area contributed by atoms with E-state index in [9.17, 15) is 4.79 Å². The minimum atomic E-state index is -0.741. The Morgan fingerprint density at radius 2 is 2.04 bits per heavy atom. The lowest BCUT2D eigenvalue weighted by Gasteiger charge is -2.17. The van der Waals surface area contributed by atoms with Crippen LogP contribution in [-0.4, -0.2) is 18.3 Å². The third kappa shape index (κ3) is 5.92. The maximum Gasteiger partial charge on any atom is 0.332 e. The molecular formula is C16H23Cl2N3O2. The zero-order chi connectivity index (χ0) is 17.6.